The lowest BCUT2D eigenvalue weighted by molar-refractivity contribution is 0.498. The van der Waals surface area contributed by atoms with Crippen LogP contribution in [0.5, 0.6) is 0 Å². The van der Waals surface area contributed by atoms with E-state index >= 15 is 0 Å². The molecule has 3 heteroatoms. The Morgan fingerprint density at radius 1 is 1.31 bits per heavy atom. The zero-order valence-electron chi connectivity index (χ0n) is 7.32. The van der Waals surface area contributed by atoms with E-state index in [1.807, 2.05) is 30.3 Å². The van der Waals surface area contributed by atoms with Gasteiger partial charge in [-0.2, -0.15) is 0 Å². The maximum Gasteiger partial charge on any atom is 0.0676 e. The molecule has 0 bridgehead atoms. The summed E-state index contributed by atoms with van der Waals surface area (Å²) in [6.07, 6.45) is 0. The number of rotatable bonds is 3. The van der Waals surface area contributed by atoms with Gasteiger partial charge in [0.2, 0.25) is 0 Å². The predicted octanol–water partition coefficient (Wildman–Crippen LogP) is 2.98. The van der Waals surface area contributed by atoms with Crippen LogP contribution in [0, 0.1) is 11.8 Å². The van der Waals surface area contributed by atoms with Gasteiger partial charge in [-0.3, -0.25) is 0 Å². The van der Waals surface area contributed by atoms with Crippen LogP contribution >= 0.6 is 21.9 Å². The Bertz CT molecular complexity index is 287. The summed E-state index contributed by atoms with van der Waals surface area (Å²) in [5.41, 5.74) is 1.06. The molecule has 1 rings (SSSR count). The van der Waals surface area contributed by atoms with Gasteiger partial charge in [-0.05, 0) is 12.1 Å². The van der Waals surface area contributed by atoms with Crippen molar-refractivity contribution in [3.05, 3.63) is 35.9 Å². The summed E-state index contributed by atoms with van der Waals surface area (Å²) in [4.78, 5) is 0. The molecule has 1 aromatic rings. The summed E-state index contributed by atoms with van der Waals surface area (Å²) >= 11 is 1.36. The van der Waals surface area contributed by atoms with Crippen LogP contribution in [0.3, 0.4) is 0 Å². The average molecular weight is 210 g/mol. The molecular weight excluding hydrogens is 200 g/mol. The lowest BCUT2D eigenvalue weighted by Gasteiger charge is -1.89. The third-order valence-electron chi connectivity index (χ3n) is 1.25. The van der Waals surface area contributed by atoms with Crippen molar-refractivity contribution in [2.45, 2.75) is 0 Å². The van der Waals surface area contributed by atoms with Crippen molar-refractivity contribution in [1.82, 2.24) is 0 Å². The van der Waals surface area contributed by atoms with Gasteiger partial charge in [0.15, 0.2) is 0 Å². The fourth-order valence-corrected chi connectivity index (χ4v) is 1.65. The molecule has 1 nitrogen and oxygen atoms in total. The molecule has 0 aliphatic carbocycles. The van der Waals surface area contributed by atoms with Crippen molar-refractivity contribution in [3.63, 3.8) is 0 Å². The summed E-state index contributed by atoms with van der Waals surface area (Å²) in [7, 11) is 3.25. The lowest BCUT2D eigenvalue weighted by atomic mass is 10.2. The van der Waals surface area contributed by atoms with Crippen molar-refractivity contribution in [2.75, 3.05) is 12.9 Å². The molecule has 0 amide bonds. The standard InChI is InChI=1S/C10H10OS2/c1-11-13-12-9-5-8-10-6-3-2-4-7-10/h2-4,6-7H,9H2,1H3. The van der Waals surface area contributed by atoms with Gasteiger partial charge >= 0.3 is 0 Å². The zero-order valence-corrected chi connectivity index (χ0v) is 8.95. The van der Waals surface area contributed by atoms with E-state index in [2.05, 4.69) is 11.8 Å². The number of hydrogen-bond donors (Lipinski definition) is 0. The van der Waals surface area contributed by atoms with Crippen LogP contribution in [0.15, 0.2) is 30.3 Å². The first kappa shape index (κ1) is 10.5. The number of benzene rings is 1. The van der Waals surface area contributed by atoms with E-state index in [4.69, 9.17) is 4.18 Å². The minimum Gasteiger partial charge on any atom is -0.308 e. The van der Waals surface area contributed by atoms with E-state index in [1.54, 1.807) is 17.9 Å². The first-order chi connectivity index (χ1) is 6.43. The molecule has 0 saturated carbocycles. The van der Waals surface area contributed by atoms with Crippen molar-refractivity contribution < 1.29 is 4.18 Å². The monoisotopic (exact) mass is 210 g/mol. The fraction of sp³-hybridized carbons (Fsp3) is 0.200. The second kappa shape index (κ2) is 6.90. The Morgan fingerprint density at radius 3 is 2.77 bits per heavy atom. The van der Waals surface area contributed by atoms with Crippen molar-refractivity contribution in [2.24, 2.45) is 0 Å². The Hall–Kier alpha value is -0.560. The third-order valence-corrected chi connectivity index (χ3v) is 2.80. The highest BCUT2D eigenvalue weighted by Gasteiger charge is 1.83. The fourth-order valence-electron chi connectivity index (χ4n) is 0.761. The average Bonchev–Trinajstić information content (AvgIpc) is 2.19. The van der Waals surface area contributed by atoms with Crippen molar-refractivity contribution in [3.8, 4) is 11.8 Å². The molecule has 0 atom stereocenters. The maximum absolute atomic E-state index is 4.81. The molecule has 0 spiro atoms. The maximum atomic E-state index is 4.81. The highest BCUT2D eigenvalue weighted by molar-refractivity contribution is 8.74. The summed E-state index contributed by atoms with van der Waals surface area (Å²) < 4.78 is 4.81. The molecule has 1 aromatic carbocycles. The Labute approximate surface area is 86.9 Å². The minimum absolute atomic E-state index is 0.785. The van der Waals surface area contributed by atoms with Gasteiger partial charge in [0.1, 0.15) is 0 Å². The second-order valence-electron chi connectivity index (χ2n) is 2.16. The van der Waals surface area contributed by atoms with Gasteiger partial charge in [0, 0.05) is 5.56 Å². The molecule has 13 heavy (non-hydrogen) atoms. The van der Waals surface area contributed by atoms with Crippen LogP contribution in [-0.4, -0.2) is 12.9 Å². The molecule has 0 radical (unpaired) electrons. The Balaban J connectivity index is 2.31. The van der Waals surface area contributed by atoms with E-state index < -0.39 is 0 Å². The van der Waals surface area contributed by atoms with Crippen LogP contribution in [0.25, 0.3) is 0 Å². The van der Waals surface area contributed by atoms with Gasteiger partial charge in [-0.1, -0.05) is 40.8 Å². The van der Waals surface area contributed by atoms with E-state index in [0.717, 1.165) is 11.3 Å². The molecule has 0 fully saturated rings. The van der Waals surface area contributed by atoms with E-state index in [9.17, 15) is 0 Å². The molecule has 68 valence electrons. The molecule has 0 aliphatic rings. The molecule has 0 saturated heterocycles. The van der Waals surface area contributed by atoms with Crippen LogP contribution in [-0.2, 0) is 4.18 Å². The molecule has 0 unspecified atom stereocenters. The summed E-state index contributed by atoms with van der Waals surface area (Å²) in [6, 6.07) is 9.96. The van der Waals surface area contributed by atoms with Gasteiger partial charge in [-0.25, -0.2) is 0 Å². The third kappa shape index (κ3) is 4.89. The van der Waals surface area contributed by atoms with Crippen molar-refractivity contribution >= 4 is 21.9 Å². The van der Waals surface area contributed by atoms with Crippen LogP contribution in [0.4, 0.5) is 0 Å². The normalized spacial score (nSPS) is 9.00. The topological polar surface area (TPSA) is 9.23 Å². The quantitative estimate of drug-likeness (QED) is 0.328. The second-order valence-corrected chi connectivity index (χ2v) is 4.27. The predicted molar refractivity (Wildman–Crippen MR) is 60.4 cm³/mol. The largest absolute Gasteiger partial charge is 0.308 e. The van der Waals surface area contributed by atoms with Crippen LogP contribution in [0.1, 0.15) is 5.56 Å². The van der Waals surface area contributed by atoms with Gasteiger partial charge in [-0.15, -0.1) is 0 Å². The van der Waals surface area contributed by atoms with Gasteiger partial charge < -0.3 is 4.18 Å². The SMILES string of the molecule is COSSCC#Cc1ccccc1. The summed E-state index contributed by atoms with van der Waals surface area (Å²) in [6.45, 7) is 0. The zero-order chi connectivity index (χ0) is 9.36. The first-order valence-corrected chi connectivity index (χ1v) is 6.04. The molecule has 0 aliphatic heterocycles. The smallest absolute Gasteiger partial charge is 0.0676 e. The minimum atomic E-state index is 0.785. The first-order valence-electron chi connectivity index (χ1n) is 3.79. The highest BCUT2D eigenvalue weighted by Crippen LogP contribution is 2.19. The Kier molecular flexibility index (Phi) is 5.59. The van der Waals surface area contributed by atoms with Crippen molar-refractivity contribution in [1.29, 1.82) is 0 Å². The summed E-state index contributed by atoms with van der Waals surface area (Å²) in [5, 5.41) is 0. The molecule has 0 aromatic heterocycles. The van der Waals surface area contributed by atoms with Gasteiger partial charge in [0.05, 0.1) is 23.9 Å². The Morgan fingerprint density at radius 2 is 2.08 bits per heavy atom. The number of hydrogen-bond acceptors (Lipinski definition) is 3. The van der Waals surface area contributed by atoms with E-state index in [-0.39, 0.29) is 0 Å². The van der Waals surface area contributed by atoms with Crippen LogP contribution in [0.2, 0.25) is 0 Å². The lowest BCUT2D eigenvalue weighted by Crippen LogP contribution is -1.72. The van der Waals surface area contributed by atoms with E-state index in [1.165, 1.54) is 11.1 Å². The van der Waals surface area contributed by atoms with Crippen LogP contribution < -0.4 is 0 Å². The summed E-state index contributed by atoms with van der Waals surface area (Å²) in [5.74, 6) is 6.90. The molecule has 0 heterocycles. The highest BCUT2D eigenvalue weighted by atomic mass is 33.1. The van der Waals surface area contributed by atoms with E-state index in [0.29, 0.717) is 0 Å². The molecule has 0 N–H and O–H groups in total. The van der Waals surface area contributed by atoms with Gasteiger partial charge in [0.25, 0.3) is 0 Å². The molecular formula is C10H10OS2.